The van der Waals surface area contributed by atoms with Crippen LogP contribution in [0.3, 0.4) is 0 Å². The molecule has 0 unspecified atom stereocenters. The number of benzene rings is 2. The molecule has 0 bridgehead atoms. The van der Waals surface area contributed by atoms with Gasteiger partial charge in [-0.05, 0) is 62.1 Å². The molecular formula is C23H23N3O6. The first-order valence-corrected chi connectivity index (χ1v) is 10.5. The Bertz CT molecular complexity index is 1120. The van der Waals surface area contributed by atoms with Gasteiger partial charge in [-0.2, -0.15) is 0 Å². The molecule has 0 spiro atoms. The molecule has 2 aliphatic rings. The van der Waals surface area contributed by atoms with Crippen LogP contribution >= 0.6 is 0 Å². The molecule has 166 valence electrons. The zero-order valence-corrected chi connectivity index (χ0v) is 17.8. The van der Waals surface area contributed by atoms with Gasteiger partial charge in [0.15, 0.2) is 6.10 Å². The highest BCUT2D eigenvalue weighted by Crippen LogP contribution is 2.32. The number of carbonyl (C=O) groups excluding carboxylic acids is 3. The number of anilines is 2. The highest BCUT2D eigenvalue weighted by atomic mass is 16.6. The van der Waals surface area contributed by atoms with E-state index in [1.54, 1.807) is 23.1 Å². The molecule has 2 aromatic rings. The number of nitrogens with one attached hydrogen (secondary N) is 1. The van der Waals surface area contributed by atoms with Crippen molar-refractivity contribution in [3.63, 3.8) is 0 Å². The van der Waals surface area contributed by atoms with Crippen molar-refractivity contribution in [2.45, 2.75) is 45.3 Å². The van der Waals surface area contributed by atoms with Gasteiger partial charge in [0.1, 0.15) is 5.69 Å². The number of ketones is 1. The molecule has 1 fully saturated rings. The van der Waals surface area contributed by atoms with Gasteiger partial charge in [0.05, 0.1) is 10.5 Å². The van der Waals surface area contributed by atoms with Crippen molar-refractivity contribution in [3.05, 3.63) is 63.2 Å². The molecule has 2 aromatic carbocycles. The second-order valence-electron chi connectivity index (χ2n) is 8.08. The fourth-order valence-electron chi connectivity index (χ4n) is 3.78. The molecule has 0 aromatic heterocycles. The number of nitro groups is 1. The fourth-order valence-corrected chi connectivity index (χ4v) is 3.78. The quantitative estimate of drug-likeness (QED) is 0.305. The number of nitro benzene ring substituents is 1. The van der Waals surface area contributed by atoms with Gasteiger partial charge in [0.2, 0.25) is 11.7 Å². The third-order valence-electron chi connectivity index (χ3n) is 5.66. The summed E-state index contributed by atoms with van der Waals surface area (Å²) in [6.07, 6.45) is 1.48. The summed E-state index contributed by atoms with van der Waals surface area (Å²) < 4.78 is 5.30. The van der Waals surface area contributed by atoms with E-state index in [9.17, 15) is 24.5 Å². The smallest absolute Gasteiger partial charge is 0.339 e. The second-order valence-corrected chi connectivity index (χ2v) is 8.08. The van der Waals surface area contributed by atoms with Gasteiger partial charge in [-0.3, -0.25) is 19.7 Å². The number of ether oxygens (including phenoxy) is 1. The van der Waals surface area contributed by atoms with Crippen LogP contribution in [0, 0.1) is 10.1 Å². The van der Waals surface area contributed by atoms with Crippen LogP contribution in [-0.2, 0) is 16.0 Å². The highest BCUT2D eigenvalue weighted by molar-refractivity contribution is 6.03. The van der Waals surface area contributed by atoms with E-state index in [-0.39, 0.29) is 29.0 Å². The summed E-state index contributed by atoms with van der Waals surface area (Å²) in [6.45, 7) is 3.53. The zero-order chi connectivity index (χ0) is 23.0. The fraction of sp³-hybridized carbons (Fsp3) is 0.348. The van der Waals surface area contributed by atoms with E-state index in [0.717, 1.165) is 30.2 Å². The van der Waals surface area contributed by atoms with Crippen molar-refractivity contribution >= 4 is 34.7 Å². The lowest BCUT2D eigenvalue weighted by molar-refractivity contribution is -0.384. The number of esters is 1. The van der Waals surface area contributed by atoms with Crippen LogP contribution in [-0.4, -0.2) is 41.3 Å². The Kier molecular flexibility index (Phi) is 5.65. The summed E-state index contributed by atoms with van der Waals surface area (Å²) in [4.78, 5) is 49.6. The van der Waals surface area contributed by atoms with E-state index in [1.807, 2.05) is 0 Å². The number of nitrogens with zero attached hydrogens (tertiary/aromatic N) is 2. The molecule has 0 radical (unpaired) electrons. The first kappa shape index (κ1) is 21.5. The Labute approximate surface area is 184 Å². The Morgan fingerprint density at radius 3 is 2.53 bits per heavy atom. The van der Waals surface area contributed by atoms with Crippen LogP contribution in [0.25, 0.3) is 0 Å². The van der Waals surface area contributed by atoms with Gasteiger partial charge in [0, 0.05) is 36.8 Å². The molecule has 1 heterocycles. The lowest BCUT2D eigenvalue weighted by Crippen LogP contribution is -2.26. The topological polar surface area (TPSA) is 119 Å². The Morgan fingerprint density at radius 2 is 1.88 bits per heavy atom. The lowest BCUT2D eigenvalue weighted by atomic mass is 10.0. The van der Waals surface area contributed by atoms with Crippen LogP contribution in [0.1, 0.15) is 53.0 Å². The number of hydrogen-bond donors (Lipinski definition) is 1. The lowest BCUT2D eigenvalue weighted by Gasteiger charge is -2.16. The van der Waals surface area contributed by atoms with Crippen molar-refractivity contribution in [1.29, 1.82) is 0 Å². The molecule has 0 saturated heterocycles. The molecule has 1 amide bonds. The molecule has 1 N–H and O–H groups in total. The number of fused-ring (bicyclic) bond motifs is 1. The van der Waals surface area contributed by atoms with Crippen LogP contribution < -0.4 is 10.2 Å². The minimum atomic E-state index is -1.07. The number of Topliss-reactive ketones (excluding diaryl/α,β-unsaturated/α-hetero) is 1. The van der Waals surface area contributed by atoms with E-state index >= 15 is 0 Å². The maximum atomic E-state index is 12.8. The van der Waals surface area contributed by atoms with Crippen LogP contribution in [0.15, 0.2) is 36.4 Å². The van der Waals surface area contributed by atoms with Gasteiger partial charge in [-0.1, -0.05) is 0 Å². The van der Waals surface area contributed by atoms with Gasteiger partial charge >= 0.3 is 5.97 Å². The summed E-state index contributed by atoms with van der Waals surface area (Å²) in [5.41, 5.74) is 2.20. The molecular weight excluding hydrogens is 414 g/mol. The first-order chi connectivity index (χ1) is 15.2. The molecule has 4 rings (SSSR count). The van der Waals surface area contributed by atoms with Crippen molar-refractivity contribution in [2.75, 3.05) is 16.8 Å². The average Bonchev–Trinajstić information content (AvgIpc) is 3.47. The largest absolute Gasteiger partial charge is 0.451 e. The monoisotopic (exact) mass is 437 g/mol. The number of rotatable bonds is 7. The second kappa shape index (κ2) is 8.41. The van der Waals surface area contributed by atoms with Crippen molar-refractivity contribution in [2.24, 2.45) is 0 Å². The van der Waals surface area contributed by atoms with E-state index in [0.29, 0.717) is 24.2 Å². The summed E-state index contributed by atoms with van der Waals surface area (Å²) in [5.74, 6) is -1.25. The predicted molar refractivity (Wildman–Crippen MR) is 117 cm³/mol. The van der Waals surface area contributed by atoms with E-state index in [2.05, 4.69) is 5.32 Å². The summed E-state index contributed by atoms with van der Waals surface area (Å²) in [7, 11) is 0. The highest BCUT2D eigenvalue weighted by Gasteiger charge is 2.28. The predicted octanol–water partition coefficient (Wildman–Crippen LogP) is 3.51. The number of amides is 1. The van der Waals surface area contributed by atoms with Gasteiger partial charge in [-0.15, -0.1) is 0 Å². The summed E-state index contributed by atoms with van der Waals surface area (Å²) in [6, 6.07) is 9.36. The van der Waals surface area contributed by atoms with Crippen LogP contribution in [0.2, 0.25) is 0 Å². The number of carbonyl (C=O) groups is 3. The van der Waals surface area contributed by atoms with Crippen molar-refractivity contribution in [3.8, 4) is 0 Å². The minimum absolute atomic E-state index is 0.00347. The molecule has 9 heteroatoms. The van der Waals surface area contributed by atoms with Gasteiger partial charge in [-0.25, -0.2) is 4.79 Å². The zero-order valence-electron chi connectivity index (χ0n) is 17.8. The number of hydrogen-bond acceptors (Lipinski definition) is 7. The molecule has 9 nitrogen and oxygen atoms in total. The Morgan fingerprint density at radius 1 is 1.16 bits per heavy atom. The maximum Gasteiger partial charge on any atom is 0.339 e. The molecule has 1 atom stereocenters. The molecule has 32 heavy (non-hydrogen) atoms. The average molecular weight is 437 g/mol. The van der Waals surface area contributed by atoms with E-state index in [1.165, 1.54) is 26.0 Å². The minimum Gasteiger partial charge on any atom is -0.451 e. The third-order valence-corrected chi connectivity index (χ3v) is 5.66. The SMILES string of the molecule is CC(=O)N1CCc2cc(C(=O)[C@@H](C)OC(=O)c3ccc(NC4CC4)c([N+](=O)[O-])c3)ccc21. The maximum absolute atomic E-state index is 12.8. The van der Waals surface area contributed by atoms with Crippen LogP contribution in [0.5, 0.6) is 0 Å². The third kappa shape index (κ3) is 4.32. The van der Waals surface area contributed by atoms with Gasteiger partial charge < -0.3 is 15.0 Å². The Balaban J connectivity index is 1.46. The molecule has 1 aliphatic heterocycles. The van der Waals surface area contributed by atoms with Gasteiger partial charge in [0.25, 0.3) is 5.69 Å². The summed E-state index contributed by atoms with van der Waals surface area (Å²) >= 11 is 0. The standard InChI is InChI=1S/C23H23N3O6/c1-13(22(28)16-4-8-20-15(11-16)9-10-25(20)14(2)27)32-23(29)17-3-7-19(24-18-5-6-18)21(12-17)26(30)31/h3-4,7-8,11-13,18,24H,5-6,9-10H2,1-2H3/t13-/m1/s1. The first-order valence-electron chi connectivity index (χ1n) is 10.5. The summed E-state index contributed by atoms with van der Waals surface area (Å²) in [5, 5.41) is 14.5. The normalized spacial score (nSPS) is 15.6. The Hall–Kier alpha value is -3.75. The van der Waals surface area contributed by atoms with Crippen LogP contribution in [0.4, 0.5) is 17.1 Å². The van der Waals surface area contributed by atoms with E-state index in [4.69, 9.17) is 4.74 Å². The van der Waals surface area contributed by atoms with E-state index < -0.39 is 17.0 Å². The molecule has 1 aliphatic carbocycles. The molecule has 1 saturated carbocycles. The van der Waals surface area contributed by atoms with Crippen molar-refractivity contribution < 1.29 is 24.0 Å². The van der Waals surface area contributed by atoms with Crippen molar-refractivity contribution in [1.82, 2.24) is 0 Å².